The number of nitrogens with zero attached hydrogens (tertiary/aromatic N) is 2. The van der Waals surface area contributed by atoms with Crippen molar-refractivity contribution in [3.8, 4) is 0 Å². The highest BCUT2D eigenvalue weighted by Crippen LogP contribution is 2.29. The van der Waals surface area contributed by atoms with E-state index in [0.717, 1.165) is 16.7 Å². The molecule has 0 aliphatic rings. The lowest BCUT2D eigenvalue weighted by molar-refractivity contribution is -0.140. The van der Waals surface area contributed by atoms with Crippen molar-refractivity contribution in [1.82, 2.24) is 10.3 Å². The minimum atomic E-state index is -4.37. The van der Waals surface area contributed by atoms with E-state index in [-0.39, 0.29) is 24.0 Å². The summed E-state index contributed by atoms with van der Waals surface area (Å²) in [6, 6.07) is 0. The summed E-state index contributed by atoms with van der Waals surface area (Å²) in [6.45, 7) is 2.85. The first-order valence-corrected chi connectivity index (χ1v) is 5.87. The van der Waals surface area contributed by atoms with E-state index in [2.05, 4.69) is 15.3 Å². The maximum absolute atomic E-state index is 12.2. The van der Waals surface area contributed by atoms with E-state index in [9.17, 15) is 13.2 Å². The van der Waals surface area contributed by atoms with Gasteiger partial charge in [0, 0.05) is 24.9 Å². The van der Waals surface area contributed by atoms with E-state index in [1.54, 1.807) is 0 Å². The second-order valence-corrected chi connectivity index (χ2v) is 4.11. The Morgan fingerprint density at radius 3 is 2.72 bits per heavy atom. The normalized spacial score (nSPS) is 12.1. The molecule has 0 saturated heterocycles. The minimum Gasteiger partial charge on any atom is -0.370 e. The van der Waals surface area contributed by atoms with E-state index >= 15 is 0 Å². The number of hydrogen-bond acceptors (Lipinski definition) is 3. The summed E-state index contributed by atoms with van der Waals surface area (Å²) in [4.78, 5) is 7.44. The van der Waals surface area contributed by atoms with E-state index in [0.29, 0.717) is 30.5 Å². The highest BCUT2D eigenvalue weighted by Gasteiger charge is 2.33. The first-order chi connectivity index (χ1) is 7.93. The van der Waals surface area contributed by atoms with Gasteiger partial charge in [0.2, 0.25) is 0 Å². The third kappa shape index (κ3) is 5.85. The van der Waals surface area contributed by atoms with E-state index in [1.165, 1.54) is 0 Å². The van der Waals surface area contributed by atoms with Crippen LogP contribution in [0.25, 0.3) is 0 Å². The molecular formula is C9H14F3IN4S. The smallest absolute Gasteiger partial charge is 0.370 e. The van der Waals surface area contributed by atoms with Crippen LogP contribution in [0.4, 0.5) is 13.2 Å². The van der Waals surface area contributed by atoms with Crippen LogP contribution in [0.5, 0.6) is 0 Å². The number of aromatic nitrogens is 1. The molecule has 1 aromatic heterocycles. The number of nitrogens with two attached hydrogens (primary N) is 1. The van der Waals surface area contributed by atoms with Gasteiger partial charge in [-0.25, -0.2) is 4.98 Å². The average molecular weight is 394 g/mol. The van der Waals surface area contributed by atoms with Gasteiger partial charge in [0.1, 0.15) is 0 Å². The fraction of sp³-hybridized carbons (Fsp3) is 0.556. The molecule has 0 aliphatic carbocycles. The predicted molar refractivity (Wildman–Crippen MR) is 76.4 cm³/mol. The lowest BCUT2D eigenvalue weighted by Crippen LogP contribution is -2.31. The first-order valence-electron chi connectivity index (χ1n) is 4.99. The lowest BCUT2D eigenvalue weighted by atomic mass is 10.4. The van der Waals surface area contributed by atoms with Crippen LogP contribution >= 0.6 is 35.3 Å². The van der Waals surface area contributed by atoms with Gasteiger partial charge in [0.15, 0.2) is 11.7 Å². The highest BCUT2D eigenvalue weighted by molar-refractivity contribution is 14.0. The number of halogens is 4. The van der Waals surface area contributed by atoms with Gasteiger partial charge < -0.3 is 11.1 Å². The quantitative estimate of drug-likeness (QED) is 0.468. The summed E-state index contributed by atoms with van der Waals surface area (Å²) in [5.41, 5.74) is 4.62. The number of aliphatic imine (C=N–C) groups is 1. The molecule has 0 fully saturated rings. The monoisotopic (exact) mass is 394 g/mol. The minimum absolute atomic E-state index is 0. The van der Waals surface area contributed by atoms with Gasteiger partial charge in [-0.05, 0) is 6.92 Å². The Morgan fingerprint density at radius 1 is 1.56 bits per heavy atom. The Morgan fingerprint density at radius 2 is 2.22 bits per heavy atom. The zero-order valence-corrected chi connectivity index (χ0v) is 12.8. The van der Waals surface area contributed by atoms with Crippen LogP contribution in [0.3, 0.4) is 0 Å². The van der Waals surface area contributed by atoms with E-state index in [1.807, 2.05) is 6.92 Å². The number of alkyl halides is 3. The van der Waals surface area contributed by atoms with Crippen LogP contribution in [-0.4, -0.2) is 24.0 Å². The zero-order valence-electron chi connectivity index (χ0n) is 9.62. The molecule has 9 heteroatoms. The number of hydrogen-bond donors (Lipinski definition) is 2. The van der Waals surface area contributed by atoms with E-state index in [4.69, 9.17) is 5.73 Å². The molecule has 4 nitrogen and oxygen atoms in total. The van der Waals surface area contributed by atoms with Crippen LogP contribution < -0.4 is 11.1 Å². The van der Waals surface area contributed by atoms with Gasteiger partial charge in [0.25, 0.3) is 0 Å². The molecular weight excluding hydrogens is 380 g/mol. The Balaban J connectivity index is 0.00000289. The molecule has 0 atom stereocenters. The number of thiazole rings is 1. The third-order valence-corrected chi connectivity index (χ3v) is 2.72. The summed E-state index contributed by atoms with van der Waals surface area (Å²) in [6.07, 6.45) is -4.02. The fourth-order valence-electron chi connectivity index (χ4n) is 1.06. The second-order valence-electron chi connectivity index (χ2n) is 3.17. The topological polar surface area (TPSA) is 63.3 Å². The van der Waals surface area contributed by atoms with E-state index < -0.39 is 11.9 Å². The second kappa shape index (κ2) is 7.77. The van der Waals surface area contributed by atoms with Crippen molar-refractivity contribution in [2.45, 2.75) is 19.5 Å². The van der Waals surface area contributed by atoms with Crippen molar-refractivity contribution in [2.75, 3.05) is 13.1 Å². The van der Waals surface area contributed by atoms with Crippen LogP contribution in [0.1, 0.15) is 17.6 Å². The van der Waals surface area contributed by atoms with Crippen molar-refractivity contribution in [3.63, 3.8) is 0 Å². The van der Waals surface area contributed by atoms with Gasteiger partial charge in [-0.15, -0.1) is 35.3 Å². The predicted octanol–water partition coefficient (Wildman–Crippen LogP) is 2.25. The number of nitrogens with one attached hydrogen (secondary N) is 1. The molecule has 0 radical (unpaired) electrons. The largest absolute Gasteiger partial charge is 0.434 e. The summed E-state index contributed by atoms with van der Waals surface area (Å²) >= 11 is 0.980. The van der Waals surface area contributed by atoms with Gasteiger partial charge in [-0.1, -0.05) is 0 Å². The van der Waals surface area contributed by atoms with Crippen molar-refractivity contribution in [1.29, 1.82) is 0 Å². The Kier molecular flexibility index (Phi) is 7.52. The molecule has 0 amide bonds. The van der Waals surface area contributed by atoms with Gasteiger partial charge in [-0.3, -0.25) is 4.99 Å². The maximum Gasteiger partial charge on any atom is 0.434 e. The van der Waals surface area contributed by atoms with Gasteiger partial charge in [0.05, 0.1) is 5.01 Å². The maximum atomic E-state index is 12.2. The van der Waals surface area contributed by atoms with Crippen LogP contribution in [0.15, 0.2) is 10.4 Å². The molecule has 0 saturated carbocycles. The van der Waals surface area contributed by atoms with Crippen LogP contribution in [-0.2, 0) is 12.6 Å². The Hall–Kier alpha value is -0.580. The zero-order chi connectivity index (χ0) is 12.9. The third-order valence-electron chi connectivity index (χ3n) is 1.81. The highest BCUT2D eigenvalue weighted by atomic mass is 127. The number of rotatable bonds is 4. The van der Waals surface area contributed by atoms with Crippen LogP contribution in [0.2, 0.25) is 0 Å². The summed E-state index contributed by atoms with van der Waals surface area (Å²) in [5.74, 6) is 0.292. The molecule has 1 rings (SSSR count). The Labute approximate surface area is 124 Å². The first kappa shape index (κ1) is 17.4. The summed E-state index contributed by atoms with van der Waals surface area (Å²) in [5, 5.41) is 4.21. The van der Waals surface area contributed by atoms with Crippen molar-refractivity contribution < 1.29 is 13.2 Å². The molecule has 1 heterocycles. The molecule has 0 spiro atoms. The van der Waals surface area contributed by atoms with Crippen molar-refractivity contribution in [3.05, 3.63) is 16.1 Å². The molecule has 3 N–H and O–H groups in total. The van der Waals surface area contributed by atoms with Gasteiger partial charge in [-0.2, -0.15) is 13.2 Å². The van der Waals surface area contributed by atoms with Crippen molar-refractivity contribution in [2.24, 2.45) is 10.7 Å². The molecule has 104 valence electrons. The average Bonchev–Trinajstić information content (AvgIpc) is 2.66. The SMILES string of the molecule is CCNC(N)=NCCc1nc(C(F)(F)F)cs1.I. The van der Waals surface area contributed by atoms with Gasteiger partial charge >= 0.3 is 6.18 Å². The molecule has 0 aromatic carbocycles. The standard InChI is InChI=1S/C9H13F3N4S.HI/c1-2-14-8(13)15-4-3-7-16-6(5-17-7)9(10,11)12;/h5H,2-4H2,1H3,(H3,13,14,15);1H. The Bertz CT molecular complexity index is 391. The fourth-order valence-corrected chi connectivity index (χ4v) is 1.86. The summed E-state index contributed by atoms with van der Waals surface area (Å²) < 4.78 is 36.7. The molecule has 18 heavy (non-hydrogen) atoms. The number of guanidine groups is 1. The summed E-state index contributed by atoms with van der Waals surface area (Å²) in [7, 11) is 0. The molecule has 0 aliphatic heterocycles. The molecule has 0 unspecified atom stereocenters. The lowest BCUT2D eigenvalue weighted by Gasteiger charge is -2.01. The molecule has 0 bridgehead atoms. The van der Waals surface area contributed by atoms with Crippen LogP contribution in [0, 0.1) is 0 Å². The molecule has 1 aromatic rings. The van der Waals surface area contributed by atoms with Crippen molar-refractivity contribution >= 4 is 41.3 Å².